The quantitative estimate of drug-likeness (QED) is 0.227. The lowest BCUT2D eigenvalue weighted by Crippen LogP contribution is -2.32. The number of aromatic amines is 1. The van der Waals surface area contributed by atoms with Gasteiger partial charge in [-0.2, -0.15) is 5.10 Å². The van der Waals surface area contributed by atoms with Crippen molar-refractivity contribution in [1.29, 1.82) is 0 Å². The molecule has 27 heavy (non-hydrogen) atoms. The van der Waals surface area contributed by atoms with Crippen LogP contribution in [0.25, 0.3) is 22.3 Å². The highest BCUT2D eigenvalue weighted by Gasteiger charge is 2.13. The third-order valence-corrected chi connectivity index (χ3v) is 4.12. The van der Waals surface area contributed by atoms with Gasteiger partial charge in [-0.1, -0.05) is 24.3 Å². The summed E-state index contributed by atoms with van der Waals surface area (Å²) in [6, 6.07) is 10.8. The zero-order chi connectivity index (χ0) is 19.4. The topological polar surface area (TPSA) is 141 Å². The van der Waals surface area contributed by atoms with Gasteiger partial charge < -0.3 is 25.7 Å². The molecule has 1 aromatic heterocycles. The highest BCUT2D eigenvalue weighted by Crippen LogP contribution is 2.28. The molecule has 0 saturated carbocycles. The van der Waals surface area contributed by atoms with Crippen molar-refractivity contribution in [2.75, 3.05) is 14.2 Å². The summed E-state index contributed by atoms with van der Waals surface area (Å²) in [5.74, 6) is 12.4. The van der Waals surface area contributed by atoms with Crippen molar-refractivity contribution >= 4 is 16.7 Å². The molecule has 140 valence electrons. The van der Waals surface area contributed by atoms with E-state index in [1.54, 1.807) is 19.2 Å². The molecule has 3 aromatic rings. The van der Waals surface area contributed by atoms with Gasteiger partial charge in [-0.15, -0.1) is 0 Å². The Bertz CT molecular complexity index is 1040. The molecule has 0 saturated heterocycles. The number of ether oxygens (including phenoxy) is 2. The summed E-state index contributed by atoms with van der Waals surface area (Å²) >= 11 is 0. The van der Waals surface area contributed by atoms with Crippen LogP contribution in [0.1, 0.15) is 5.56 Å². The van der Waals surface area contributed by atoms with E-state index >= 15 is 0 Å². The van der Waals surface area contributed by atoms with Gasteiger partial charge in [0.15, 0.2) is 0 Å². The molecule has 0 fully saturated rings. The average molecular weight is 368 g/mol. The minimum Gasteiger partial charge on any atom is -0.497 e. The summed E-state index contributed by atoms with van der Waals surface area (Å²) in [4.78, 5) is 19.9. The molecule has 9 nitrogen and oxygen atoms in total. The zero-order valence-corrected chi connectivity index (χ0v) is 14.9. The normalized spacial score (nSPS) is 11.4. The summed E-state index contributed by atoms with van der Waals surface area (Å²) in [6.07, 6.45) is 0.462. The van der Waals surface area contributed by atoms with Crippen LogP contribution in [0.2, 0.25) is 0 Å². The van der Waals surface area contributed by atoms with Gasteiger partial charge in [-0.25, -0.2) is 10.8 Å². The molecule has 1 heterocycles. The van der Waals surface area contributed by atoms with Crippen molar-refractivity contribution in [2.45, 2.75) is 6.42 Å². The lowest BCUT2D eigenvalue weighted by Gasteiger charge is -2.10. The molecule has 3 rings (SSSR count). The zero-order valence-electron chi connectivity index (χ0n) is 14.9. The monoisotopic (exact) mass is 368 g/mol. The average Bonchev–Trinajstić information content (AvgIpc) is 2.71. The number of benzene rings is 2. The molecule has 0 radical (unpaired) electrons. The number of hydrazine groups is 1. The van der Waals surface area contributed by atoms with Crippen LogP contribution in [0.5, 0.6) is 11.5 Å². The van der Waals surface area contributed by atoms with Crippen LogP contribution in [0, 0.1) is 0 Å². The van der Waals surface area contributed by atoms with Crippen molar-refractivity contribution in [3.8, 4) is 22.9 Å². The van der Waals surface area contributed by atoms with Crippen LogP contribution in [0.15, 0.2) is 46.3 Å². The first-order valence-electron chi connectivity index (χ1n) is 8.08. The number of hydrogen-bond acceptors (Lipinski definition) is 7. The predicted molar refractivity (Wildman–Crippen MR) is 104 cm³/mol. The largest absolute Gasteiger partial charge is 0.497 e. The number of nitrogens with one attached hydrogen (secondary N) is 2. The van der Waals surface area contributed by atoms with Crippen molar-refractivity contribution < 1.29 is 9.47 Å². The number of amidine groups is 1. The summed E-state index contributed by atoms with van der Waals surface area (Å²) in [5, 5.41) is 3.93. The van der Waals surface area contributed by atoms with E-state index in [1.807, 2.05) is 24.3 Å². The van der Waals surface area contributed by atoms with E-state index in [0.717, 1.165) is 11.1 Å². The third-order valence-electron chi connectivity index (χ3n) is 4.12. The molecule has 9 heteroatoms. The van der Waals surface area contributed by atoms with Crippen LogP contribution < -0.4 is 32.1 Å². The lowest BCUT2D eigenvalue weighted by molar-refractivity contribution is 0.397. The Morgan fingerprint density at radius 3 is 2.56 bits per heavy atom. The number of nitrogens with zero attached hydrogens (tertiary/aromatic N) is 2. The predicted octanol–water partition coefficient (Wildman–Crippen LogP) is 0.885. The third kappa shape index (κ3) is 3.67. The number of fused-ring (bicyclic) bond motifs is 1. The maximum absolute atomic E-state index is 12.6. The van der Waals surface area contributed by atoms with Crippen LogP contribution in [-0.4, -0.2) is 30.0 Å². The second-order valence-electron chi connectivity index (χ2n) is 5.73. The van der Waals surface area contributed by atoms with Crippen molar-refractivity contribution in [3.05, 3.63) is 52.3 Å². The van der Waals surface area contributed by atoms with E-state index in [-0.39, 0.29) is 5.56 Å². The molecule has 0 aliphatic heterocycles. The summed E-state index contributed by atoms with van der Waals surface area (Å²) in [6.45, 7) is 0. The van der Waals surface area contributed by atoms with Gasteiger partial charge in [0.1, 0.15) is 28.5 Å². The van der Waals surface area contributed by atoms with Gasteiger partial charge in [-0.3, -0.25) is 4.79 Å². The molecule has 0 aliphatic rings. The Balaban J connectivity index is 2.03. The summed E-state index contributed by atoms with van der Waals surface area (Å²) in [5.41, 5.74) is 4.34. The van der Waals surface area contributed by atoms with Crippen molar-refractivity contribution in [3.63, 3.8) is 0 Å². The van der Waals surface area contributed by atoms with Crippen LogP contribution in [-0.2, 0) is 6.42 Å². The fourth-order valence-corrected chi connectivity index (χ4v) is 2.73. The molecule has 0 unspecified atom stereocenters. The van der Waals surface area contributed by atoms with E-state index < -0.39 is 0 Å². The van der Waals surface area contributed by atoms with Crippen molar-refractivity contribution in [1.82, 2.24) is 15.4 Å². The Morgan fingerprint density at radius 2 is 1.96 bits per heavy atom. The molecule has 0 bridgehead atoms. The van der Waals surface area contributed by atoms with Gasteiger partial charge in [0.2, 0.25) is 0 Å². The highest BCUT2D eigenvalue weighted by molar-refractivity contribution is 5.87. The first-order valence-corrected chi connectivity index (χ1v) is 8.08. The number of aromatic nitrogens is 2. The number of hydrogen-bond donors (Lipinski definition) is 4. The van der Waals surface area contributed by atoms with Crippen LogP contribution in [0.3, 0.4) is 0 Å². The molecule has 0 spiro atoms. The molecular formula is C18H20N6O3. The van der Waals surface area contributed by atoms with Gasteiger partial charge >= 0.3 is 0 Å². The second-order valence-corrected chi connectivity index (χ2v) is 5.73. The maximum atomic E-state index is 12.6. The molecule has 0 amide bonds. The number of H-pyrrole nitrogens is 1. The standard InChI is InChI=1S/C18H20N6O3/c1-26-12-8-13-16(14(9-12)27-2)18(25)22-17(21-13)11-5-3-10(4-6-11)7-15(23-19)24-20/h3-6,8-9H,7,19-20H2,1-2H3,(H,23,24)(H,21,22,25). The van der Waals surface area contributed by atoms with Crippen LogP contribution in [0.4, 0.5) is 0 Å². The van der Waals surface area contributed by atoms with Gasteiger partial charge in [0, 0.05) is 24.1 Å². The number of hydrazone groups is 1. The summed E-state index contributed by atoms with van der Waals surface area (Å²) in [7, 11) is 3.04. The van der Waals surface area contributed by atoms with Gasteiger partial charge in [0.05, 0.1) is 19.7 Å². The SMILES string of the molecule is COc1cc(OC)c2c(=O)[nH]c(-c3ccc(C/C(=N/N)NN)cc3)nc2c1. The Labute approximate surface area is 155 Å². The molecular weight excluding hydrogens is 348 g/mol. The minimum absolute atomic E-state index is 0.288. The van der Waals surface area contributed by atoms with Gasteiger partial charge in [0.25, 0.3) is 5.56 Å². The van der Waals surface area contributed by atoms with E-state index in [9.17, 15) is 4.79 Å². The Morgan fingerprint density at radius 1 is 1.22 bits per heavy atom. The molecule has 0 atom stereocenters. The molecule has 6 N–H and O–H groups in total. The Hall–Kier alpha value is -3.59. The highest BCUT2D eigenvalue weighted by atomic mass is 16.5. The van der Waals surface area contributed by atoms with E-state index in [1.165, 1.54) is 7.11 Å². The number of nitrogens with two attached hydrogens (primary N) is 2. The second kappa shape index (κ2) is 7.75. The lowest BCUT2D eigenvalue weighted by atomic mass is 10.1. The van der Waals surface area contributed by atoms with Gasteiger partial charge in [-0.05, 0) is 5.56 Å². The number of rotatable bonds is 5. The smallest absolute Gasteiger partial charge is 0.262 e. The molecule has 0 aliphatic carbocycles. The molecule has 2 aromatic carbocycles. The first kappa shape index (κ1) is 18.2. The fourth-order valence-electron chi connectivity index (χ4n) is 2.73. The summed E-state index contributed by atoms with van der Waals surface area (Å²) < 4.78 is 10.5. The number of methoxy groups -OCH3 is 2. The van der Waals surface area contributed by atoms with Crippen molar-refractivity contribution in [2.24, 2.45) is 16.8 Å². The minimum atomic E-state index is -0.288. The fraction of sp³-hybridized carbons (Fsp3) is 0.167. The van der Waals surface area contributed by atoms with Crippen LogP contribution >= 0.6 is 0 Å². The van der Waals surface area contributed by atoms with E-state index in [4.69, 9.17) is 21.2 Å². The maximum Gasteiger partial charge on any atom is 0.262 e. The van der Waals surface area contributed by atoms with E-state index in [2.05, 4.69) is 20.5 Å². The van der Waals surface area contributed by atoms with E-state index in [0.29, 0.717) is 40.5 Å². The Kier molecular flexibility index (Phi) is 5.23. The first-order chi connectivity index (χ1) is 13.1.